The second kappa shape index (κ2) is 7.09. The van der Waals surface area contributed by atoms with Crippen molar-refractivity contribution in [3.8, 4) is 0 Å². The number of hydrogen-bond acceptors (Lipinski definition) is 3. The SMILES string of the molecule is CC1(C)CC(O)C(O)C1.CC1(C)CC2OC2C1.CC1(C)CC=CC1. The lowest BCUT2D eigenvalue weighted by Crippen LogP contribution is -2.17. The molecule has 1 saturated heterocycles. The van der Waals surface area contributed by atoms with E-state index in [9.17, 15) is 0 Å². The molecule has 0 amide bonds. The topological polar surface area (TPSA) is 53.0 Å². The zero-order chi connectivity index (χ0) is 18.2. The molecule has 3 aliphatic carbocycles. The fourth-order valence-electron chi connectivity index (χ4n) is 4.09. The van der Waals surface area contributed by atoms with Gasteiger partial charge in [0.2, 0.25) is 0 Å². The van der Waals surface area contributed by atoms with Gasteiger partial charge in [-0.2, -0.15) is 0 Å². The Hall–Kier alpha value is -0.380. The molecule has 0 aromatic rings. The zero-order valence-electron chi connectivity index (χ0n) is 16.5. The summed E-state index contributed by atoms with van der Waals surface area (Å²) in [5.74, 6) is 0. The van der Waals surface area contributed by atoms with E-state index in [2.05, 4.69) is 53.7 Å². The van der Waals surface area contributed by atoms with Gasteiger partial charge in [-0.3, -0.25) is 0 Å². The van der Waals surface area contributed by atoms with Crippen LogP contribution >= 0.6 is 0 Å². The van der Waals surface area contributed by atoms with Crippen molar-refractivity contribution in [2.24, 2.45) is 16.2 Å². The van der Waals surface area contributed by atoms with Gasteiger partial charge in [-0.25, -0.2) is 0 Å². The summed E-state index contributed by atoms with van der Waals surface area (Å²) in [5, 5.41) is 18.2. The molecule has 3 fully saturated rings. The van der Waals surface area contributed by atoms with Crippen LogP contribution in [0.4, 0.5) is 0 Å². The van der Waals surface area contributed by atoms with Gasteiger partial charge in [-0.1, -0.05) is 53.7 Å². The van der Waals surface area contributed by atoms with Crippen LogP contribution < -0.4 is 0 Å². The first-order valence-electron chi connectivity index (χ1n) is 9.56. The number of fused-ring (bicyclic) bond motifs is 1. The van der Waals surface area contributed by atoms with E-state index in [4.69, 9.17) is 14.9 Å². The van der Waals surface area contributed by atoms with Crippen molar-refractivity contribution < 1.29 is 14.9 Å². The first kappa shape index (κ1) is 19.9. The Morgan fingerprint density at radius 1 is 0.667 bits per heavy atom. The van der Waals surface area contributed by atoms with E-state index in [-0.39, 0.29) is 5.41 Å². The van der Waals surface area contributed by atoms with Crippen LogP contribution in [0.2, 0.25) is 0 Å². The van der Waals surface area contributed by atoms with Crippen LogP contribution in [0.5, 0.6) is 0 Å². The van der Waals surface area contributed by atoms with Crippen molar-refractivity contribution in [2.45, 2.75) is 104 Å². The number of epoxide rings is 1. The minimum atomic E-state index is -0.486. The van der Waals surface area contributed by atoms with Gasteiger partial charge >= 0.3 is 0 Å². The number of rotatable bonds is 0. The molecule has 3 heteroatoms. The fraction of sp³-hybridized carbons (Fsp3) is 0.905. The van der Waals surface area contributed by atoms with E-state index in [1.165, 1.54) is 25.7 Å². The Morgan fingerprint density at radius 3 is 1.21 bits per heavy atom. The number of aliphatic hydroxyl groups excluding tert-OH is 2. The first-order valence-corrected chi connectivity index (χ1v) is 9.56. The maximum atomic E-state index is 9.08. The molecule has 0 spiro atoms. The van der Waals surface area contributed by atoms with Crippen molar-refractivity contribution in [2.75, 3.05) is 0 Å². The summed E-state index contributed by atoms with van der Waals surface area (Å²) in [4.78, 5) is 0. The molecule has 1 heterocycles. The molecular formula is C21H38O3. The smallest absolute Gasteiger partial charge is 0.0847 e. The molecule has 2 N–H and O–H groups in total. The van der Waals surface area contributed by atoms with Crippen LogP contribution in [-0.4, -0.2) is 34.6 Å². The van der Waals surface area contributed by atoms with E-state index in [1.807, 2.05) is 0 Å². The average molecular weight is 339 g/mol. The predicted octanol–water partition coefficient (Wildman–Crippen LogP) is 4.46. The third-order valence-electron chi connectivity index (χ3n) is 5.67. The first-order chi connectivity index (χ1) is 10.9. The number of ether oxygens (including phenoxy) is 1. The number of allylic oxidation sites excluding steroid dienone is 2. The Labute approximate surface area is 148 Å². The second-order valence-corrected chi connectivity index (χ2v) is 10.5. The number of aliphatic hydroxyl groups is 2. The zero-order valence-corrected chi connectivity index (χ0v) is 16.5. The molecule has 0 aromatic heterocycles. The van der Waals surface area contributed by atoms with E-state index in [0.717, 1.165) is 12.8 Å². The molecule has 0 radical (unpaired) electrons. The monoisotopic (exact) mass is 338 g/mol. The van der Waals surface area contributed by atoms with Crippen LogP contribution in [0.15, 0.2) is 12.2 Å². The minimum absolute atomic E-state index is 0.138. The predicted molar refractivity (Wildman–Crippen MR) is 98.9 cm³/mol. The van der Waals surface area contributed by atoms with Crippen molar-refractivity contribution in [1.82, 2.24) is 0 Å². The Morgan fingerprint density at radius 2 is 1.04 bits per heavy atom. The highest BCUT2D eigenvalue weighted by molar-refractivity contribution is 5.00. The van der Waals surface area contributed by atoms with Gasteiger partial charge in [0, 0.05) is 0 Å². The van der Waals surface area contributed by atoms with E-state index in [1.54, 1.807) is 0 Å². The van der Waals surface area contributed by atoms with Crippen molar-refractivity contribution >= 4 is 0 Å². The second-order valence-electron chi connectivity index (χ2n) is 10.5. The normalized spacial score (nSPS) is 39.3. The molecule has 24 heavy (non-hydrogen) atoms. The molecule has 0 bridgehead atoms. The Kier molecular flexibility index (Phi) is 5.89. The molecule has 1 aliphatic heterocycles. The van der Waals surface area contributed by atoms with Crippen LogP contribution in [0.3, 0.4) is 0 Å². The Balaban J connectivity index is 0.000000131. The van der Waals surface area contributed by atoms with Gasteiger partial charge in [-0.05, 0) is 54.8 Å². The fourth-order valence-corrected chi connectivity index (χ4v) is 4.09. The van der Waals surface area contributed by atoms with Crippen molar-refractivity contribution in [3.63, 3.8) is 0 Å². The molecule has 4 unspecified atom stereocenters. The highest BCUT2D eigenvalue weighted by Crippen LogP contribution is 2.49. The molecule has 4 rings (SSSR count). The highest BCUT2D eigenvalue weighted by atomic mass is 16.6. The highest BCUT2D eigenvalue weighted by Gasteiger charge is 2.51. The molecule has 2 saturated carbocycles. The van der Waals surface area contributed by atoms with Crippen LogP contribution in [0, 0.1) is 16.2 Å². The van der Waals surface area contributed by atoms with Crippen molar-refractivity contribution in [1.29, 1.82) is 0 Å². The van der Waals surface area contributed by atoms with Crippen LogP contribution in [0.25, 0.3) is 0 Å². The van der Waals surface area contributed by atoms with Crippen molar-refractivity contribution in [3.05, 3.63) is 12.2 Å². The lowest BCUT2D eigenvalue weighted by atomic mass is 9.91. The molecule has 0 aromatic carbocycles. The lowest BCUT2D eigenvalue weighted by molar-refractivity contribution is 0.0438. The maximum absolute atomic E-state index is 9.08. The van der Waals surface area contributed by atoms with E-state index >= 15 is 0 Å². The molecular weight excluding hydrogens is 300 g/mol. The third kappa shape index (κ3) is 6.16. The summed E-state index contributed by atoms with van der Waals surface area (Å²) in [6, 6.07) is 0. The summed E-state index contributed by atoms with van der Waals surface area (Å²) < 4.78 is 5.29. The third-order valence-corrected chi connectivity index (χ3v) is 5.67. The number of hydrogen-bond donors (Lipinski definition) is 2. The van der Waals surface area contributed by atoms with Gasteiger partial charge in [0.05, 0.1) is 24.4 Å². The molecule has 140 valence electrons. The van der Waals surface area contributed by atoms with Crippen LogP contribution in [-0.2, 0) is 4.74 Å². The summed E-state index contributed by atoms with van der Waals surface area (Å²) >= 11 is 0. The Bertz CT molecular complexity index is 416. The molecule has 4 atom stereocenters. The van der Waals surface area contributed by atoms with Gasteiger partial charge in [0.25, 0.3) is 0 Å². The largest absolute Gasteiger partial charge is 0.390 e. The summed E-state index contributed by atoms with van der Waals surface area (Å²) in [6.45, 7) is 13.4. The summed E-state index contributed by atoms with van der Waals surface area (Å²) in [5.41, 5.74) is 1.31. The van der Waals surface area contributed by atoms with E-state index in [0.29, 0.717) is 23.0 Å². The van der Waals surface area contributed by atoms with Gasteiger partial charge in [0.1, 0.15) is 0 Å². The standard InChI is InChI=1S/C7H14O2.C7H12O.C7H12/c1-7(2)3-5(8)6(9)4-7;1-7(2)3-5-6(4-7)8-5;1-7(2)5-3-4-6-7/h5-6,8-9H,3-4H2,1-2H3;5-6H,3-4H2,1-2H3;3-4H,5-6H2,1-2H3. The quantitative estimate of drug-likeness (QED) is 0.506. The average Bonchev–Trinajstić information content (AvgIpc) is 2.73. The van der Waals surface area contributed by atoms with E-state index < -0.39 is 12.2 Å². The van der Waals surface area contributed by atoms with Crippen LogP contribution in [0.1, 0.15) is 80.1 Å². The summed E-state index contributed by atoms with van der Waals surface area (Å²) in [7, 11) is 0. The summed E-state index contributed by atoms with van der Waals surface area (Å²) in [6.07, 6.45) is 11.5. The van der Waals surface area contributed by atoms with Gasteiger partial charge < -0.3 is 14.9 Å². The molecule has 3 nitrogen and oxygen atoms in total. The maximum Gasteiger partial charge on any atom is 0.0847 e. The lowest BCUT2D eigenvalue weighted by Gasteiger charge is -2.17. The minimum Gasteiger partial charge on any atom is -0.390 e. The molecule has 4 aliphatic rings. The van der Waals surface area contributed by atoms with Gasteiger partial charge in [-0.15, -0.1) is 0 Å². The van der Waals surface area contributed by atoms with Gasteiger partial charge in [0.15, 0.2) is 0 Å².